The molecular formula is C13H17F3N2O4S. The monoisotopic (exact) mass is 354 g/mol. The third-order valence-electron chi connectivity index (χ3n) is 3.18. The maximum atomic E-state index is 13.3. The van der Waals surface area contributed by atoms with Crippen LogP contribution in [-0.4, -0.2) is 51.2 Å². The summed E-state index contributed by atoms with van der Waals surface area (Å²) in [5, 5.41) is 19.4. The molecule has 0 bridgehead atoms. The van der Waals surface area contributed by atoms with Gasteiger partial charge in [-0.3, -0.25) is 9.59 Å². The lowest BCUT2D eigenvalue weighted by molar-refractivity contribution is -0.268. The highest BCUT2D eigenvalue weighted by Crippen LogP contribution is 2.43. The minimum absolute atomic E-state index is 0.0386. The average Bonchev–Trinajstić information content (AvgIpc) is 2.84. The van der Waals surface area contributed by atoms with Gasteiger partial charge in [0.15, 0.2) is 0 Å². The minimum Gasteiger partial charge on any atom is -0.481 e. The first-order valence-electron chi connectivity index (χ1n) is 6.72. The molecule has 1 amide bonds. The molecule has 0 aliphatic rings. The Labute approximate surface area is 134 Å². The molecule has 0 aliphatic carbocycles. The number of aromatic nitrogens is 1. The number of halogens is 3. The second-order valence-electron chi connectivity index (χ2n) is 4.95. The number of nitrogens with zero attached hydrogens (tertiary/aromatic N) is 2. The predicted molar refractivity (Wildman–Crippen MR) is 75.9 cm³/mol. The number of carbonyl (C=O) groups excluding carboxylic acids is 1. The number of rotatable bonds is 7. The minimum atomic E-state index is -5.08. The van der Waals surface area contributed by atoms with Crippen LogP contribution >= 0.6 is 11.3 Å². The first-order chi connectivity index (χ1) is 10.5. The van der Waals surface area contributed by atoms with Crippen molar-refractivity contribution in [1.82, 2.24) is 9.88 Å². The van der Waals surface area contributed by atoms with Gasteiger partial charge in [-0.15, -0.1) is 11.3 Å². The Bertz CT molecular complexity index is 576. The molecule has 1 rings (SSSR count). The number of hydrogen-bond acceptors (Lipinski definition) is 5. The number of aliphatic hydroxyl groups is 1. The lowest BCUT2D eigenvalue weighted by atomic mass is 9.98. The summed E-state index contributed by atoms with van der Waals surface area (Å²) in [6.45, 7) is 2.80. The Morgan fingerprint density at radius 2 is 2.00 bits per heavy atom. The summed E-state index contributed by atoms with van der Waals surface area (Å²) < 4.78 is 39.9. The summed E-state index contributed by atoms with van der Waals surface area (Å²) in [6, 6.07) is 0. The molecule has 0 aromatic carbocycles. The molecule has 2 N–H and O–H groups in total. The van der Waals surface area contributed by atoms with Crippen LogP contribution < -0.4 is 0 Å². The van der Waals surface area contributed by atoms with Crippen molar-refractivity contribution in [2.45, 2.75) is 38.5 Å². The molecule has 23 heavy (non-hydrogen) atoms. The van der Waals surface area contributed by atoms with E-state index >= 15 is 0 Å². The summed E-state index contributed by atoms with van der Waals surface area (Å²) >= 11 is 0.617. The van der Waals surface area contributed by atoms with Gasteiger partial charge in [-0.1, -0.05) is 0 Å². The molecule has 0 aliphatic heterocycles. The molecule has 1 aromatic heterocycles. The quantitative estimate of drug-likeness (QED) is 0.781. The van der Waals surface area contributed by atoms with Crippen LogP contribution in [0.1, 0.15) is 30.5 Å². The van der Waals surface area contributed by atoms with Crippen molar-refractivity contribution in [2.24, 2.45) is 0 Å². The zero-order valence-electron chi connectivity index (χ0n) is 12.6. The summed E-state index contributed by atoms with van der Waals surface area (Å²) in [7, 11) is 0. The van der Waals surface area contributed by atoms with E-state index in [4.69, 9.17) is 5.11 Å². The molecule has 6 nitrogen and oxygen atoms in total. The van der Waals surface area contributed by atoms with E-state index in [0.29, 0.717) is 17.0 Å². The number of aryl methyl sites for hydroxylation is 1. The Kier molecular flexibility index (Phi) is 6.11. The van der Waals surface area contributed by atoms with Crippen molar-refractivity contribution in [3.8, 4) is 0 Å². The first-order valence-corrected chi connectivity index (χ1v) is 7.60. The topological polar surface area (TPSA) is 90.7 Å². The molecule has 1 atom stereocenters. The molecule has 0 fully saturated rings. The second kappa shape index (κ2) is 7.26. The van der Waals surface area contributed by atoms with Gasteiger partial charge in [0.2, 0.25) is 11.5 Å². The SMILES string of the molecule is CCN(CCC(=O)O)C(=O)CC(O)(c1nc(C)cs1)C(F)(F)F. The van der Waals surface area contributed by atoms with Crippen molar-refractivity contribution in [1.29, 1.82) is 0 Å². The third-order valence-corrected chi connectivity index (χ3v) is 4.29. The molecule has 0 spiro atoms. The van der Waals surface area contributed by atoms with E-state index in [9.17, 15) is 27.9 Å². The van der Waals surface area contributed by atoms with Crippen LogP contribution in [0, 0.1) is 6.92 Å². The number of aliphatic carboxylic acids is 1. The van der Waals surface area contributed by atoms with E-state index in [0.717, 1.165) is 4.90 Å². The molecular weight excluding hydrogens is 337 g/mol. The normalized spacial score (nSPS) is 14.3. The molecule has 1 unspecified atom stereocenters. The molecule has 10 heteroatoms. The molecule has 130 valence electrons. The zero-order valence-corrected chi connectivity index (χ0v) is 13.4. The fraction of sp³-hybridized carbons (Fsp3) is 0.615. The number of carboxylic acids is 1. The van der Waals surface area contributed by atoms with Crippen molar-refractivity contribution in [3.63, 3.8) is 0 Å². The van der Waals surface area contributed by atoms with E-state index in [2.05, 4.69) is 4.98 Å². The fourth-order valence-corrected chi connectivity index (χ4v) is 2.78. The Balaban J connectivity index is 3.02. The maximum Gasteiger partial charge on any atom is 0.424 e. The Morgan fingerprint density at radius 1 is 1.39 bits per heavy atom. The third kappa shape index (κ3) is 4.64. The lowest BCUT2D eigenvalue weighted by Gasteiger charge is -2.30. The average molecular weight is 354 g/mol. The zero-order chi connectivity index (χ0) is 17.8. The van der Waals surface area contributed by atoms with Gasteiger partial charge in [0, 0.05) is 24.2 Å². The summed E-state index contributed by atoms with van der Waals surface area (Å²) in [6.07, 6.45) is -6.71. The summed E-state index contributed by atoms with van der Waals surface area (Å²) in [5.74, 6) is -2.15. The van der Waals surface area contributed by atoms with Crippen LogP contribution in [-0.2, 0) is 15.2 Å². The van der Waals surface area contributed by atoms with E-state index < -0.39 is 35.1 Å². The standard InChI is InChI=1S/C13H17F3N2O4S/c1-3-18(5-4-10(20)21)9(19)6-12(22,13(14,15)16)11-17-8(2)7-23-11/h7,22H,3-6H2,1-2H3,(H,20,21). The predicted octanol–water partition coefficient (Wildman–Crippen LogP) is 1.91. The number of amides is 1. The van der Waals surface area contributed by atoms with E-state index in [-0.39, 0.29) is 19.5 Å². The van der Waals surface area contributed by atoms with Gasteiger partial charge >= 0.3 is 12.1 Å². The van der Waals surface area contributed by atoms with Gasteiger partial charge in [0.05, 0.1) is 12.8 Å². The summed E-state index contributed by atoms with van der Waals surface area (Å²) in [4.78, 5) is 27.2. The smallest absolute Gasteiger partial charge is 0.424 e. The number of thiazole rings is 1. The van der Waals surface area contributed by atoms with Gasteiger partial charge in [-0.05, 0) is 13.8 Å². The Morgan fingerprint density at radius 3 is 2.39 bits per heavy atom. The van der Waals surface area contributed by atoms with Gasteiger partial charge in [-0.2, -0.15) is 13.2 Å². The van der Waals surface area contributed by atoms with Crippen molar-refractivity contribution in [3.05, 3.63) is 16.1 Å². The number of carboxylic acid groups (broad SMARTS) is 1. The summed E-state index contributed by atoms with van der Waals surface area (Å²) in [5.41, 5.74) is -3.09. The van der Waals surface area contributed by atoms with Gasteiger partial charge in [0.1, 0.15) is 5.01 Å². The largest absolute Gasteiger partial charge is 0.481 e. The molecule has 0 saturated carbocycles. The van der Waals surface area contributed by atoms with Gasteiger partial charge < -0.3 is 15.1 Å². The Hall–Kier alpha value is -1.68. The molecule has 1 aromatic rings. The van der Waals surface area contributed by atoms with Crippen LogP contribution in [0.3, 0.4) is 0 Å². The highest BCUT2D eigenvalue weighted by molar-refractivity contribution is 7.09. The first kappa shape index (κ1) is 19.4. The number of alkyl halides is 3. The van der Waals surface area contributed by atoms with Crippen molar-refractivity contribution < 1.29 is 33.0 Å². The lowest BCUT2D eigenvalue weighted by Crippen LogP contribution is -2.47. The van der Waals surface area contributed by atoms with Crippen LogP contribution in [0.4, 0.5) is 13.2 Å². The van der Waals surface area contributed by atoms with Crippen LogP contribution in [0.15, 0.2) is 5.38 Å². The van der Waals surface area contributed by atoms with Crippen LogP contribution in [0.25, 0.3) is 0 Å². The molecule has 0 radical (unpaired) electrons. The van der Waals surface area contributed by atoms with Gasteiger partial charge in [-0.25, -0.2) is 4.98 Å². The van der Waals surface area contributed by atoms with Crippen LogP contribution in [0.2, 0.25) is 0 Å². The van der Waals surface area contributed by atoms with Crippen molar-refractivity contribution in [2.75, 3.05) is 13.1 Å². The number of carbonyl (C=O) groups is 2. The van der Waals surface area contributed by atoms with E-state index in [1.54, 1.807) is 0 Å². The van der Waals surface area contributed by atoms with Crippen LogP contribution in [0.5, 0.6) is 0 Å². The second-order valence-corrected chi connectivity index (χ2v) is 5.80. The number of hydrogen-bond donors (Lipinski definition) is 2. The van der Waals surface area contributed by atoms with Crippen molar-refractivity contribution >= 4 is 23.2 Å². The van der Waals surface area contributed by atoms with E-state index in [1.807, 2.05) is 0 Å². The van der Waals surface area contributed by atoms with E-state index in [1.165, 1.54) is 19.2 Å². The highest BCUT2D eigenvalue weighted by Gasteiger charge is 2.58. The highest BCUT2D eigenvalue weighted by atomic mass is 32.1. The molecule has 1 heterocycles. The maximum absolute atomic E-state index is 13.3. The molecule has 0 saturated heterocycles. The van der Waals surface area contributed by atoms with Gasteiger partial charge in [0.25, 0.3) is 0 Å². The fourth-order valence-electron chi connectivity index (χ4n) is 1.86.